The lowest BCUT2D eigenvalue weighted by Gasteiger charge is -2.17. The van der Waals surface area contributed by atoms with Gasteiger partial charge in [-0.15, -0.1) is 0 Å². The highest BCUT2D eigenvalue weighted by atomic mass is 32.2. The number of methoxy groups -OCH3 is 1. The number of rotatable bonds is 5. The SMILES string of the molecule is COC(=O)CCCS(=O)(=O)N1CC2CNCC2C1. The fourth-order valence-electron chi connectivity index (χ4n) is 2.67. The van der Waals surface area contributed by atoms with Crippen LogP contribution in [0.25, 0.3) is 0 Å². The summed E-state index contributed by atoms with van der Waals surface area (Å²) in [6.45, 7) is 3.08. The highest BCUT2D eigenvalue weighted by molar-refractivity contribution is 7.89. The van der Waals surface area contributed by atoms with E-state index in [4.69, 9.17) is 0 Å². The number of esters is 1. The number of carbonyl (C=O) groups excluding carboxylic acids is 1. The fraction of sp³-hybridized carbons (Fsp3) is 0.909. The van der Waals surface area contributed by atoms with E-state index in [0.29, 0.717) is 31.3 Å². The Bertz CT molecular complexity index is 397. The lowest BCUT2D eigenvalue weighted by molar-refractivity contribution is -0.140. The molecule has 2 aliphatic rings. The van der Waals surface area contributed by atoms with Crippen LogP contribution in [-0.4, -0.2) is 57.7 Å². The van der Waals surface area contributed by atoms with E-state index in [0.717, 1.165) is 13.1 Å². The molecule has 0 bridgehead atoms. The van der Waals surface area contributed by atoms with Crippen LogP contribution >= 0.6 is 0 Å². The zero-order valence-electron chi connectivity index (χ0n) is 10.6. The molecule has 0 aromatic carbocycles. The van der Waals surface area contributed by atoms with Crippen molar-refractivity contribution >= 4 is 16.0 Å². The minimum absolute atomic E-state index is 0.0367. The van der Waals surface area contributed by atoms with Crippen LogP contribution in [0.3, 0.4) is 0 Å². The minimum Gasteiger partial charge on any atom is -0.469 e. The molecule has 0 spiro atoms. The summed E-state index contributed by atoms with van der Waals surface area (Å²) in [4.78, 5) is 10.9. The summed E-state index contributed by atoms with van der Waals surface area (Å²) in [7, 11) is -1.90. The Kier molecular flexibility index (Phi) is 4.24. The number of sulfonamides is 1. The molecule has 2 rings (SSSR count). The van der Waals surface area contributed by atoms with Gasteiger partial charge in [-0.05, 0) is 31.3 Å². The molecule has 0 amide bonds. The van der Waals surface area contributed by atoms with Crippen molar-refractivity contribution in [2.75, 3.05) is 39.0 Å². The van der Waals surface area contributed by atoms with Gasteiger partial charge in [0.25, 0.3) is 0 Å². The molecular weight excluding hydrogens is 256 g/mol. The molecule has 0 saturated carbocycles. The highest BCUT2D eigenvalue weighted by Crippen LogP contribution is 2.28. The molecule has 2 atom stereocenters. The predicted molar refractivity (Wildman–Crippen MR) is 66.5 cm³/mol. The summed E-state index contributed by atoms with van der Waals surface area (Å²) in [5.41, 5.74) is 0. The van der Waals surface area contributed by atoms with Crippen LogP contribution in [0.2, 0.25) is 0 Å². The third-order valence-corrected chi connectivity index (χ3v) is 5.65. The molecule has 6 nitrogen and oxygen atoms in total. The first-order valence-electron chi connectivity index (χ1n) is 6.28. The van der Waals surface area contributed by atoms with E-state index in [1.165, 1.54) is 7.11 Å². The maximum Gasteiger partial charge on any atom is 0.305 e. The van der Waals surface area contributed by atoms with E-state index in [2.05, 4.69) is 10.1 Å². The Balaban J connectivity index is 1.82. The molecule has 2 heterocycles. The van der Waals surface area contributed by atoms with Gasteiger partial charge in [-0.1, -0.05) is 0 Å². The van der Waals surface area contributed by atoms with Crippen LogP contribution in [0.1, 0.15) is 12.8 Å². The minimum atomic E-state index is -3.21. The summed E-state index contributed by atoms with van der Waals surface area (Å²) in [5, 5.41) is 3.28. The Hall–Kier alpha value is -0.660. The number of hydrogen-bond acceptors (Lipinski definition) is 5. The van der Waals surface area contributed by atoms with Gasteiger partial charge in [-0.3, -0.25) is 4.79 Å². The van der Waals surface area contributed by atoms with Crippen molar-refractivity contribution in [3.63, 3.8) is 0 Å². The van der Waals surface area contributed by atoms with Crippen molar-refractivity contribution in [2.45, 2.75) is 12.8 Å². The summed E-state index contributed by atoms with van der Waals surface area (Å²) < 4.78 is 30.3. The van der Waals surface area contributed by atoms with Gasteiger partial charge in [0, 0.05) is 19.5 Å². The number of hydrogen-bond donors (Lipinski definition) is 1. The monoisotopic (exact) mass is 276 g/mol. The van der Waals surface area contributed by atoms with Crippen molar-refractivity contribution < 1.29 is 17.9 Å². The topological polar surface area (TPSA) is 75.7 Å². The third-order valence-electron chi connectivity index (χ3n) is 3.76. The Morgan fingerprint density at radius 3 is 2.50 bits per heavy atom. The van der Waals surface area contributed by atoms with Crippen LogP contribution in [0.5, 0.6) is 0 Å². The predicted octanol–water partition coefficient (Wildman–Crippen LogP) is -0.579. The molecule has 2 aliphatic heterocycles. The van der Waals surface area contributed by atoms with Gasteiger partial charge in [0.05, 0.1) is 12.9 Å². The normalized spacial score (nSPS) is 28.3. The van der Waals surface area contributed by atoms with Gasteiger partial charge in [0.15, 0.2) is 0 Å². The molecule has 104 valence electrons. The van der Waals surface area contributed by atoms with Gasteiger partial charge in [-0.25, -0.2) is 12.7 Å². The van der Waals surface area contributed by atoms with Gasteiger partial charge >= 0.3 is 5.97 Å². The number of carbonyl (C=O) groups is 1. The van der Waals surface area contributed by atoms with Crippen LogP contribution in [-0.2, 0) is 19.6 Å². The first-order valence-corrected chi connectivity index (χ1v) is 7.89. The smallest absolute Gasteiger partial charge is 0.305 e. The van der Waals surface area contributed by atoms with Crippen LogP contribution in [0, 0.1) is 11.8 Å². The van der Waals surface area contributed by atoms with Crippen LogP contribution in [0.15, 0.2) is 0 Å². The van der Waals surface area contributed by atoms with E-state index < -0.39 is 10.0 Å². The summed E-state index contributed by atoms with van der Waals surface area (Å²) in [6.07, 6.45) is 0.497. The number of nitrogens with one attached hydrogen (secondary N) is 1. The molecular formula is C11H20N2O4S. The zero-order valence-corrected chi connectivity index (χ0v) is 11.4. The molecule has 0 aromatic rings. The second-order valence-corrected chi connectivity index (χ2v) is 7.08. The molecule has 2 unspecified atom stereocenters. The quantitative estimate of drug-likeness (QED) is 0.680. The second-order valence-electron chi connectivity index (χ2n) is 4.99. The van der Waals surface area contributed by atoms with E-state index in [1.807, 2.05) is 0 Å². The van der Waals surface area contributed by atoms with Crippen molar-refractivity contribution in [3.05, 3.63) is 0 Å². The average Bonchev–Trinajstić information content (AvgIpc) is 2.88. The van der Waals surface area contributed by atoms with E-state index in [9.17, 15) is 13.2 Å². The molecule has 0 aromatic heterocycles. The Morgan fingerprint density at radius 2 is 1.94 bits per heavy atom. The molecule has 2 saturated heterocycles. The zero-order chi connectivity index (χ0) is 13.2. The second kappa shape index (κ2) is 5.54. The van der Waals surface area contributed by atoms with Crippen LogP contribution in [0.4, 0.5) is 0 Å². The van der Waals surface area contributed by atoms with Crippen molar-refractivity contribution in [1.29, 1.82) is 0 Å². The lowest BCUT2D eigenvalue weighted by atomic mass is 10.0. The fourth-order valence-corrected chi connectivity index (χ4v) is 4.27. The average molecular weight is 276 g/mol. The van der Waals surface area contributed by atoms with E-state index >= 15 is 0 Å². The highest BCUT2D eigenvalue weighted by Gasteiger charge is 2.40. The maximum atomic E-state index is 12.1. The third kappa shape index (κ3) is 3.02. The molecule has 1 N–H and O–H groups in total. The summed E-state index contributed by atoms with van der Waals surface area (Å²) in [5.74, 6) is 0.600. The number of ether oxygens (including phenoxy) is 1. The van der Waals surface area contributed by atoms with Crippen molar-refractivity contribution in [1.82, 2.24) is 9.62 Å². The summed E-state index contributed by atoms with van der Waals surface area (Å²) in [6, 6.07) is 0. The van der Waals surface area contributed by atoms with E-state index in [1.54, 1.807) is 4.31 Å². The van der Waals surface area contributed by atoms with Crippen LogP contribution < -0.4 is 5.32 Å². The molecule has 0 radical (unpaired) electrons. The Labute approximate surface area is 108 Å². The molecule has 18 heavy (non-hydrogen) atoms. The van der Waals surface area contributed by atoms with Gasteiger partial charge < -0.3 is 10.1 Å². The molecule has 0 aliphatic carbocycles. The Morgan fingerprint density at radius 1 is 1.33 bits per heavy atom. The molecule has 7 heteroatoms. The maximum absolute atomic E-state index is 12.1. The standard InChI is InChI=1S/C11H20N2O4S/c1-17-11(14)3-2-4-18(15,16)13-7-9-5-12-6-10(9)8-13/h9-10,12H,2-8H2,1H3. The van der Waals surface area contributed by atoms with Gasteiger partial charge in [0.2, 0.25) is 10.0 Å². The largest absolute Gasteiger partial charge is 0.469 e. The van der Waals surface area contributed by atoms with Gasteiger partial charge in [-0.2, -0.15) is 0 Å². The number of fused-ring (bicyclic) bond motifs is 1. The van der Waals surface area contributed by atoms with Gasteiger partial charge in [0.1, 0.15) is 0 Å². The first kappa shape index (κ1) is 13.8. The van der Waals surface area contributed by atoms with Crippen molar-refractivity contribution in [2.24, 2.45) is 11.8 Å². The lowest BCUT2D eigenvalue weighted by Crippen LogP contribution is -2.33. The summed E-state index contributed by atoms with van der Waals surface area (Å²) >= 11 is 0. The van der Waals surface area contributed by atoms with E-state index in [-0.39, 0.29) is 18.1 Å². The number of nitrogens with zero attached hydrogens (tertiary/aromatic N) is 1. The molecule has 2 fully saturated rings. The first-order chi connectivity index (χ1) is 8.53. The van der Waals surface area contributed by atoms with Crippen molar-refractivity contribution in [3.8, 4) is 0 Å².